The second kappa shape index (κ2) is 8.83. The number of nitrogens with two attached hydrogens (primary N) is 1. The van der Waals surface area contributed by atoms with Gasteiger partial charge in [-0.25, -0.2) is 0 Å². The number of hydrogen-bond donors (Lipinski definition) is 1. The maximum Gasteiger partial charge on any atom is 0.249 e. The minimum Gasteiger partial charge on any atom is -0.489 e. The van der Waals surface area contributed by atoms with Crippen LogP contribution in [0.5, 0.6) is 5.75 Å². The monoisotopic (exact) mass is 433 g/mol. The molecule has 1 heterocycles. The number of carbonyl (C=O) groups excluding carboxylic acids is 1. The van der Waals surface area contributed by atoms with Crippen LogP contribution in [0.4, 0.5) is 0 Å². The van der Waals surface area contributed by atoms with Gasteiger partial charge in [0.15, 0.2) is 0 Å². The first-order valence-corrected chi connectivity index (χ1v) is 11.1. The number of nitrogens with zero attached hydrogens (tertiary/aromatic N) is 1. The van der Waals surface area contributed by atoms with E-state index in [0.717, 1.165) is 45.1 Å². The Balaban J connectivity index is 1.56. The fourth-order valence-electron chi connectivity index (χ4n) is 4.34. The highest BCUT2D eigenvalue weighted by Crippen LogP contribution is 2.33. The molecule has 0 unspecified atom stereocenters. The molecule has 0 saturated carbocycles. The van der Waals surface area contributed by atoms with E-state index in [-0.39, 0.29) is 0 Å². The molecular weight excluding hydrogens is 408 g/mol. The Morgan fingerprint density at radius 2 is 1.70 bits per heavy atom. The third kappa shape index (κ3) is 4.08. The highest BCUT2D eigenvalue weighted by molar-refractivity contribution is 6.17. The molecule has 1 aromatic heterocycles. The molecule has 4 aromatic carbocycles. The van der Waals surface area contributed by atoms with Crippen molar-refractivity contribution in [2.75, 3.05) is 0 Å². The highest BCUT2D eigenvalue weighted by atomic mass is 16.5. The third-order valence-corrected chi connectivity index (χ3v) is 6.02. The van der Waals surface area contributed by atoms with E-state index >= 15 is 0 Å². The van der Waals surface area contributed by atoms with Crippen LogP contribution in [0.15, 0.2) is 84.9 Å². The van der Waals surface area contributed by atoms with Crippen LogP contribution in [0.3, 0.4) is 0 Å². The summed E-state index contributed by atoms with van der Waals surface area (Å²) in [6.45, 7) is 3.30. The third-order valence-electron chi connectivity index (χ3n) is 6.02. The molecule has 0 atom stereocenters. The Labute approximate surface area is 193 Å². The molecular formula is C29H25N2O2. The molecule has 5 rings (SSSR count). The Kier molecular flexibility index (Phi) is 5.57. The van der Waals surface area contributed by atoms with Crippen molar-refractivity contribution < 1.29 is 9.53 Å². The van der Waals surface area contributed by atoms with Crippen molar-refractivity contribution in [3.63, 3.8) is 0 Å². The molecule has 4 nitrogen and oxygen atoms in total. The molecule has 163 valence electrons. The number of hydrogen-bond acceptors (Lipinski definition) is 2. The Bertz CT molecular complexity index is 1450. The minimum atomic E-state index is -0.427. The minimum absolute atomic E-state index is 0.427. The lowest BCUT2D eigenvalue weighted by molar-refractivity contribution is 0.100. The zero-order valence-corrected chi connectivity index (χ0v) is 18.5. The summed E-state index contributed by atoms with van der Waals surface area (Å²) in [4.78, 5) is 12.2. The van der Waals surface area contributed by atoms with Crippen molar-refractivity contribution >= 4 is 27.7 Å². The van der Waals surface area contributed by atoms with E-state index in [1.807, 2.05) is 48.5 Å². The van der Waals surface area contributed by atoms with Crippen molar-refractivity contribution in [2.45, 2.75) is 26.5 Å². The summed E-state index contributed by atoms with van der Waals surface area (Å²) in [7, 11) is 0. The number of primary amides is 1. The largest absolute Gasteiger partial charge is 0.489 e. The number of rotatable bonds is 7. The highest BCUT2D eigenvalue weighted by Gasteiger charge is 2.17. The average molecular weight is 434 g/mol. The molecule has 0 fully saturated rings. The standard InChI is InChI=1S/C29H25N2O2/c1-2-20-14-15-24-27(17-20)31(26-13-7-12-25(28(24)26)29(30)32)18-22-10-6-11-23(16-22)33-19-21-8-4-3-5-9-21/h3-14,16-17H,2,18-19H2,1H3,(H2,30,32). The smallest absolute Gasteiger partial charge is 0.249 e. The lowest BCUT2D eigenvalue weighted by atomic mass is 10.0. The molecule has 5 aromatic rings. The molecule has 0 aliphatic heterocycles. The number of amides is 1. The lowest BCUT2D eigenvalue weighted by Gasteiger charge is -2.11. The van der Waals surface area contributed by atoms with Gasteiger partial charge in [0.25, 0.3) is 0 Å². The van der Waals surface area contributed by atoms with Crippen LogP contribution < -0.4 is 10.5 Å². The zero-order chi connectivity index (χ0) is 22.8. The van der Waals surface area contributed by atoms with Gasteiger partial charge in [0.05, 0.1) is 11.0 Å². The van der Waals surface area contributed by atoms with Gasteiger partial charge in [0.1, 0.15) is 12.4 Å². The Morgan fingerprint density at radius 3 is 2.48 bits per heavy atom. The SMILES string of the molecule is CCc1c[c]c2c3c(C(N)=O)cccc3n(Cc3cccc(OCc4ccccc4)c3)c2c1. The number of ether oxygens (including phenoxy) is 1. The number of aryl methyl sites for hydroxylation is 1. The van der Waals surface area contributed by atoms with E-state index < -0.39 is 5.91 Å². The summed E-state index contributed by atoms with van der Waals surface area (Å²) in [6.07, 6.45) is 0.916. The second-order valence-electron chi connectivity index (χ2n) is 8.19. The quantitative estimate of drug-likeness (QED) is 0.348. The van der Waals surface area contributed by atoms with Gasteiger partial charge in [-0.05, 0) is 59.5 Å². The van der Waals surface area contributed by atoms with E-state index in [1.165, 1.54) is 5.56 Å². The van der Waals surface area contributed by atoms with Crippen LogP contribution in [0.2, 0.25) is 0 Å². The van der Waals surface area contributed by atoms with Crippen LogP contribution in [0.25, 0.3) is 21.8 Å². The molecule has 0 aliphatic rings. The van der Waals surface area contributed by atoms with Gasteiger partial charge in [-0.1, -0.05) is 61.5 Å². The van der Waals surface area contributed by atoms with Crippen molar-refractivity contribution in [3.8, 4) is 5.75 Å². The first-order chi connectivity index (χ1) is 16.1. The number of fused-ring (bicyclic) bond motifs is 3. The molecule has 2 N–H and O–H groups in total. The molecule has 0 saturated heterocycles. The number of aromatic nitrogens is 1. The summed E-state index contributed by atoms with van der Waals surface area (Å²) in [5, 5.41) is 1.78. The van der Waals surface area contributed by atoms with Gasteiger partial charge in [-0.2, -0.15) is 0 Å². The maximum atomic E-state index is 12.2. The van der Waals surface area contributed by atoms with Crippen LogP contribution in [-0.4, -0.2) is 10.5 Å². The van der Waals surface area contributed by atoms with Crippen molar-refractivity contribution in [3.05, 3.63) is 113 Å². The van der Waals surface area contributed by atoms with Crippen molar-refractivity contribution in [1.82, 2.24) is 4.57 Å². The summed E-state index contributed by atoms with van der Waals surface area (Å²) in [5.41, 5.74) is 11.7. The molecule has 1 amide bonds. The lowest BCUT2D eigenvalue weighted by Crippen LogP contribution is -2.11. The molecule has 33 heavy (non-hydrogen) atoms. The summed E-state index contributed by atoms with van der Waals surface area (Å²) in [5.74, 6) is 0.402. The van der Waals surface area contributed by atoms with E-state index in [4.69, 9.17) is 10.5 Å². The fraction of sp³-hybridized carbons (Fsp3) is 0.138. The van der Waals surface area contributed by atoms with Crippen molar-refractivity contribution in [2.24, 2.45) is 5.73 Å². The van der Waals surface area contributed by atoms with Gasteiger partial charge in [-0.3, -0.25) is 4.79 Å². The van der Waals surface area contributed by atoms with Gasteiger partial charge in [-0.15, -0.1) is 0 Å². The Morgan fingerprint density at radius 1 is 0.909 bits per heavy atom. The van der Waals surface area contributed by atoms with Crippen LogP contribution in [0, 0.1) is 6.07 Å². The first-order valence-electron chi connectivity index (χ1n) is 11.1. The zero-order valence-electron chi connectivity index (χ0n) is 18.5. The van der Waals surface area contributed by atoms with E-state index in [1.54, 1.807) is 6.07 Å². The Hall–Kier alpha value is -4.05. The van der Waals surface area contributed by atoms with Gasteiger partial charge in [0, 0.05) is 22.9 Å². The number of carbonyl (C=O) groups is 1. The van der Waals surface area contributed by atoms with E-state index in [9.17, 15) is 4.79 Å². The molecule has 0 bridgehead atoms. The predicted molar refractivity (Wildman–Crippen MR) is 132 cm³/mol. The second-order valence-corrected chi connectivity index (χ2v) is 8.19. The summed E-state index contributed by atoms with van der Waals surface area (Å²) < 4.78 is 8.28. The fourth-order valence-corrected chi connectivity index (χ4v) is 4.34. The first kappa shape index (κ1) is 20.8. The summed E-state index contributed by atoms with van der Waals surface area (Å²) in [6, 6.07) is 31.6. The van der Waals surface area contributed by atoms with Crippen LogP contribution in [-0.2, 0) is 19.6 Å². The van der Waals surface area contributed by atoms with E-state index in [2.05, 4.69) is 47.9 Å². The molecule has 0 spiro atoms. The topological polar surface area (TPSA) is 57.2 Å². The van der Waals surface area contributed by atoms with Crippen LogP contribution >= 0.6 is 0 Å². The van der Waals surface area contributed by atoms with Crippen molar-refractivity contribution in [1.29, 1.82) is 0 Å². The van der Waals surface area contributed by atoms with Gasteiger partial charge >= 0.3 is 0 Å². The number of benzene rings is 4. The summed E-state index contributed by atoms with van der Waals surface area (Å²) >= 11 is 0. The van der Waals surface area contributed by atoms with Gasteiger partial charge in [0.2, 0.25) is 5.91 Å². The van der Waals surface area contributed by atoms with Crippen LogP contribution in [0.1, 0.15) is 34.0 Å². The average Bonchev–Trinajstić information content (AvgIpc) is 3.16. The normalized spacial score (nSPS) is 11.2. The molecule has 1 radical (unpaired) electrons. The molecule has 0 aliphatic carbocycles. The van der Waals surface area contributed by atoms with E-state index in [0.29, 0.717) is 18.7 Å². The predicted octanol–water partition coefficient (Wildman–Crippen LogP) is 5.88. The molecule has 4 heteroatoms. The maximum absolute atomic E-state index is 12.2. The van der Waals surface area contributed by atoms with Gasteiger partial charge < -0.3 is 15.0 Å².